The van der Waals surface area contributed by atoms with E-state index in [-0.39, 0.29) is 12.0 Å². The molecular weight excluding hydrogens is 326 g/mol. The fraction of sp³-hybridized carbons (Fsp3) is 0.619. The van der Waals surface area contributed by atoms with Crippen LogP contribution in [-0.2, 0) is 4.79 Å². The Morgan fingerprint density at radius 3 is 2.23 bits per heavy atom. The molecule has 1 saturated heterocycles. The number of benzene rings is 1. The summed E-state index contributed by atoms with van der Waals surface area (Å²) in [5, 5.41) is 8.85. The Morgan fingerprint density at radius 1 is 1.08 bits per heavy atom. The lowest BCUT2D eigenvalue weighted by Gasteiger charge is -2.39. The molecule has 0 spiro atoms. The molecule has 1 saturated carbocycles. The molecule has 2 aliphatic rings. The summed E-state index contributed by atoms with van der Waals surface area (Å²) in [7, 11) is 0. The van der Waals surface area contributed by atoms with E-state index in [4.69, 9.17) is 10.00 Å². The number of nitriles is 1. The molecule has 0 radical (unpaired) electrons. The van der Waals surface area contributed by atoms with Crippen molar-refractivity contribution >= 4 is 5.91 Å². The molecule has 0 aromatic heterocycles. The highest BCUT2D eigenvalue weighted by atomic mass is 16.5. The quantitative estimate of drug-likeness (QED) is 0.833. The average Bonchev–Trinajstić information content (AvgIpc) is 2.69. The normalized spacial score (nSPS) is 24.3. The van der Waals surface area contributed by atoms with Crippen LogP contribution < -0.4 is 4.74 Å². The van der Waals surface area contributed by atoms with Crippen molar-refractivity contribution < 1.29 is 9.53 Å². The largest absolute Gasteiger partial charge is 0.490 e. The molecule has 1 aliphatic heterocycles. The Balaban J connectivity index is 1.44. The lowest BCUT2D eigenvalue weighted by molar-refractivity contribution is -0.139. The number of rotatable bonds is 4. The first-order valence-electron chi connectivity index (χ1n) is 9.76. The van der Waals surface area contributed by atoms with Crippen LogP contribution in [0.15, 0.2) is 24.3 Å². The third kappa shape index (κ3) is 4.56. The minimum Gasteiger partial charge on any atom is -0.490 e. The molecule has 0 N–H and O–H groups in total. The van der Waals surface area contributed by atoms with Gasteiger partial charge < -0.3 is 9.64 Å². The Morgan fingerprint density at radius 2 is 1.69 bits per heavy atom. The number of nitrogens with zero attached hydrogens (tertiary/aromatic N) is 3. The highest BCUT2D eigenvalue weighted by molar-refractivity contribution is 5.79. The Kier molecular flexibility index (Phi) is 6.16. The molecule has 0 atom stereocenters. The summed E-state index contributed by atoms with van der Waals surface area (Å²) in [6, 6.07) is 9.93. The van der Waals surface area contributed by atoms with Crippen LogP contribution >= 0.6 is 0 Å². The van der Waals surface area contributed by atoms with Crippen LogP contribution in [0.5, 0.6) is 5.75 Å². The number of hydrogen-bond donors (Lipinski definition) is 0. The molecule has 5 heteroatoms. The van der Waals surface area contributed by atoms with E-state index < -0.39 is 0 Å². The van der Waals surface area contributed by atoms with Crippen molar-refractivity contribution in [2.45, 2.75) is 51.7 Å². The van der Waals surface area contributed by atoms with Gasteiger partial charge in [0.15, 0.2) is 0 Å². The zero-order valence-electron chi connectivity index (χ0n) is 15.9. The smallest absolute Gasteiger partial charge is 0.225 e. The number of carbonyl (C=O) groups excluding carboxylic acids is 1. The van der Waals surface area contributed by atoms with Gasteiger partial charge in [-0.25, -0.2) is 0 Å². The van der Waals surface area contributed by atoms with Gasteiger partial charge in [0.25, 0.3) is 0 Å². The molecule has 1 amide bonds. The van der Waals surface area contributed by atoms with E-state index in [1.54, 1.807) is 12.1 Å². The van der Waals surface area contributed by atoms with Gasteiger partial charge in [0, 0.05) is 38.1 Å². The van der Waals surface area contributed by atoms with Crippen molar-refractivity contribution in [3.05, 3.63) is 29.8 Å². The summed E-state index contributed by atoms with van der Waals surface area (Å²) in [5.41, 5.74) is 0.643. The summed E-state index contributed by atoms with van der Waals surface area (Å²) in [6.07, 6.45) is 3.82. The second-order valence-corrected chi connectivity index (χ2v) is 7.68. The molecule has 1 aromatic carbocycles. The van der Waals surface area contributed by atoms with E-state index in [1.165, 1.54) is 0 Å². The minimum absolute atomic E-state index is 0.154. The Hall–Kier alpha value is -2.06. The topological polar surface area (TPSA) is 56.6 Å². The molecule has 0 unspecified atom stereocenters. The summed E-state index contributed by atoms with van der Waals surface area (Å²) >= 11 is 0. The molecule has 140 valence electrons. The average molecular weight is 355 g/mol. The maximum absolute atomic E-state index is 12.8. The van der Waals surface area contributed by atoms with E-state index >= 15 is 0 Å². The van der Waals surface area contributed by atoms with Gasteiger partial charge in [-0.3, -0.25) is 9.69 Å². The zero-order valence-corrected chi connectivity index (χ0v) is 15.9. The number of hydrogen-bond acceptors (Lipinski definition) is 4. The van der Waals surface area contributed by atoms with Gasteiger partial charge in [-0.2, -0.15) is 5.26 Å². The van der Waals surface area contributed by atoms with Crippen LogP contribution in [0, 0.1) is 17.2 Å². The molecule has 3 rings (SSSR count). The lowest BCUT2D eigenvalue weighted by Crippen LogP contribution is -2.52. The fourth-order valence-electron chi connectivity index (χ4n) is 3.95. The third-order valence-corrected chi connectivity index (χ3v) is 5.67. The minimum atomic E-state index is 0.154. The fourth-order valence-corrected chi connectivity index (χ4v) is 3.95. The molecule has 1 aliphatic carbocycles. The second-order valence-electron chi connectivity index (χ2n) is 7.68. The summed E-state index contributed by atoms with van der Waals surface area (Å²) < 4.78 is 6.03. The molecule has 0 bridgehead atoms. The number of ether oxygens (including phenoxy) is 1. The van der Waals surface area contributed by atoms with Crippen LogP contribution in [-0.4, -0.2) is 54.0 Å². The van der Waals surface area contributed by atoms with Crippen LogP contribution in [0.25, 0.3) is 0 Å². The Labute approximate surface area is 156 Å². The van der Waals surface area contributed by atoms with E-state index in [0.29, 0.717) is 17.5 Å². The van der Waals surface area contributed by atoms with E-state index in [0.717, 1.165) is 57.6 Å². The molecule has 1 heterocycles. The van der Waals surface area contributed by atoms with E-state index in [9.17, 15) is 4.79 Å². The number of amides is 1. The number of carbonyl (C=O) groups is 1. The van der Waals surface area contributed by atoms with Crippen LogP contribution in [0.1, 0.15) is 45.1 Å². The van der Waals surface area contributed by atoms with Crippen molar-refractivity contribution in [2.75, 3.05) is 26.2 Å². The molecule has 26 heavy (non-hydrogen) atoms. The summed E-state index contributed by atoms with van der Waals surface area (Å²) in [6.45, 7) is 8.12. The van der Waals surface area contributed by atoms with Gasteiger partial charge in [0.2, 0.25) is 5.91 Å². The van der Waals surface area contributed by atoms with E-state index in [2.05, 4.69) is 29.7 Å². The van der Waals surface area contributed by atoms with Crippen molar-refractivity contribution in [3.63, 3.8) is 0 Å². The summed E-state index contributed by atoms with van der Waals surface area (Å²) in [5.74, 6) is 1.30. The first kappa shape index (κ1) is 18.7. The predicted molar refractivity (Wildman–Crippen MR) is 101 cm³/mol. The highest BCUT2D eigenvalue weighted by Gasteiger charge is 2.32. The lowest BCUT2D eigenvalue weighted by atomic mass is 9.86. The van der Waals surface area contributed by atoms with Gasteiger partial charge in [-0.05, 0) is 63.8 Å². The SMILES string of the molecule is CC(C)N1CCN(C(=O)[C@H]2CC[C@H](Oc3ccc(C#N)cc3)CC2)CC1. The standard InChI is InChI=1S/C21H29N3O2/c1-16(2)23-11-13-24(14-12-23)21(25)18-5-9-20(10-6-18)26-19-7-3-17(15-22)4-8-19/h3-4,7-8,16,18,20H,5-6,9-14H2,1-2H3/t18-,20-. The van der Waals surface area contributed by atoms with Gasteiger partial charge in [-0.15, -0.1) is 0 Å². The number of piperazine rings is 1. The second kappa shape index (κ2) is 8.55. The van der Waals surface area contributed by atoms with E-state index in [1.807, 2.05) is 12.1 Å². The van der Waals surface area contributed by atoms with Gasteiger partial charge in [0.05, 0.1) is 17.7 Å². The summed E-state index contributed by atoms with van der Waals surface area (Å²) in [4.78, 5) is 17.3. The van der Waals surface area contributed by atoms with Crippen molar-refractivity contribution in [2.24, 2.45) is 5.92 Å². The monoisotopic (exact) mass is 355 g/mol. The van der Waals surface area contributed by atoms with Crippen LogP contribution in [0.2, 0.25) is 0 Å². The maximum Gasteiger partial charge on any atom is 0.225 e. The predicted octanol–water partition coefficient (Wildman–Crippen LogP) is 3.05. The molecule has 1 aromatic rings. The maximum atomic E-state index is 12.8. The first-order valence-corrected chi connectivity index (χ1v) is 9.76. The van der Waals surface area contributed by atoms with Crippen LogP contribution in [0.3, 0.4) is 0 Å². The molecule has 5 nitrogen and oxygen atoms in total. The van der Waals surface area contributed by atoms with Crippen LogP contribution in [0.4, 0.5) is 0 Å². The van der Waals surface area contributed by atoms with Crippen molar-refractivity contribution in [3.8, 4) is 11.8 Å². The first-order chi connectivity index (χ1) is 12.6. The molecule has 2 fully saturated rings. The zero-order chi connectivity index (χ0) is 18.5. The van der Waals surface area contributed by atoms with Gasteiger partial charge >= 0.3 is 0 Å². The third-order valence-electron chi connectivity index (χ3n) is 5.67. The van der Waals surface area contributed by atoms with Crippen molar-refractivity contribution in [1.82, 2.24) is 9.80 Å². The van der Waals surface area contributed by atoms with Crippen molar-refractivity contribution in [1.29, 1.82) is 5.26 Å². The highest BCUT2D eigenvalue weighted by Crippen LogP contribution is 2.29. The Bertz CT molecular complexity index is 634. The molecular formula is C21H29N3O2. The van der Waals surface area contributed by atoms with Gasteiger partial charge in [-0.1, -0.05) is 0 Å². The van der Waals surface area contributed by atoms with Gasteiger partial charge in [0.1, 0.15) is 5.75 Å².